The topological polar surface area (TPSA) is 68.2 Å². The van der Waals surface area contributed by atoms with Crippen LogP contribution in [-0.4, -0.2) is 43.8 Å². The second-order valence-corrected chi connectivity index (χ2v) is 8.89. The summed E-state index contributed by atoms with van der Waals surface area (Å²) in [6.07, 6.45) is -2.80. The third-order valence-corrected chi connectivity index (χ3v) is 6.41. The van der Waals surface area contributed by atoms with E-state index in [9.17, 15) is 10.2 Å². The maximum absolute atomic E-state index is 10.8. The van der Waals surface area contributed by atoms with E-state index in [0.29, 0.717) is 16.7 Å². The first-order chi connectivity index (χ1) is 19.9. The normalized spacial score (nSPS) is 26.8. The highest BCUT2D eigenvalue weighted by Gasteiger charge is 2.33. The molecule has 0 saturated carbocycles. The third-order valence-electron chi connectivity index (χ3n) is 6.41. The highest BCUT2D eigenvalue weighted by molar-refractivity contribution is 5.50. The van der Waals surface area contributed by atoms with Crippen LogP contribution in [0.1, 0.15) is 16.7 Å². The van der Waals surface area contributed by atoms with Gasteiger partial charge >= 0.3 is 0 Å². The Morgan fingerprint density at radius 3 is 0.927 bits per heavy atom. The third kappa shape index (κ3) is 6.53. The number of rotatable bonds is 6. The second kappa shape index (κ2) is 13.1. The van der Waals surface area contributed by atoms with Gasteiger partial charge in [0, 0.05) is 38.0 Å². The van der Waals surface area contributed by atoms with E-state index >= 15 is 0 Å². The molecule has 0 amide bonds. The molecule has 0 aromatic heterocycles. The fourth-order valence-electron chi connectivity index (χ4n) is 4.13. The van der Waals surface area contributed by atoms with Crippen LogP contribution in [0.15, 0.2) is 91.0 Å². The van der Waals surface area contributed by atoms with Crippen molar-refractivity contribution in [3.8, 4) is 59.2 Å². The fourth-order valence-corrected chi connectivity index (χ4v) is 4.13. The van der Waals surface area contributed by atoms with Crippen molar-refractivity contribution in [1.82, 2.24) is 0 Å². The van der Waals surface area contributed by atoms with Gasteiger partial charge in [-0.3, -0.25) is 0 Å². The average molecular weight is 541 g/mol. The van der Waals surface area contributed by atoms with Gasteiger partial charge in [0.25, 0.3) is 0 Å². The minimum absolute atomic E-state index is 0.613. The maximum Gasteiger partial charge on any atom is 0.216 e. The monoisotopic (exact) mass is 540 g/mol. The summed E-state index contributed by atoms with van der Waals surface area (Å²) in [6.45, 7) is 0. The van der Waals surface area contributed by atoms with Gasteiger partial charge in [-0.25, -0.2) is 0 Å². The van der Waals surface area contributed by atoms with E-state index in [1.165, 1.54) is 21.3 Å². The lowest BCUT2D eigenvalue weighted by molar-refractivity contribution is 0.0798. The van der Waals surface area contributed by atoms with Crippen LogP contribution in [0, 0.1) is 59.2 Å². The highest BCUT2D eigenvalue weighted by atomic mass is 16.5. The molecule has 0 saturated heterocycles. The molecule has 3 aromatic rings. The van der Waals surface area contributed by atoms with Crippen LogP contribution in [0.2, 0.25) is 0 Å². The first-order valence-corrected chi connectivity index (χ1v) is 12.7. The standard InChI is InChI=1S/C36H28O5/c1-39-34(29-13-7-4-8-14-29)23-19-32(37)21-25-35(40-2,30-15-9-5-10-16-30)27-28-36(41-3,26-22-33(38)20-24-34)31-17-11-6-12-18-31/h4-18,32-33,37-38H,1-3H3. The quantitative estimate of drug-likeness (QED) is 0.470. The molecule has 1 aliphatic rings. The largest absolute Gasteiger partial charge is 0.369 e. The lowest BCUT2D eigenvalue weighted by Gasteiger charge is -2.25. The Bertz CT molecular complexity index is 1560. The van der Waals surface area contributed by atoms with Crippen LogP contribution >= 0.6 is 0 Å². The molecular formula is C36H28O5. The van der Waals surface area contributed by atoms with Gasteiger partial charge in [0.1, 0.15) is 0 Å². The van der Waals surface area contributed by atoms with Crippen molar-refractivity contribution in [3.63, 3.8) is 0 Å². The summed E-state index contributed by atoms with van der Waals surface area (Å²) in [4.78, 5) is 0. The zero-order valence-corrected chi connectivity index (χ0v) is 22.9. The Kier molecular flexibility index (Phi) is 9.33. The van der Waals surface area contributed by atoms with Crippen LogP contribution in [0.4, 0.5) is 0 Å². The molecule has 41 heavy (non-hydrogen) atoms. The summed E-state index contributed by atoms with van der Waals surface area (Å²) in [7, 11) is 4.41. The molecule has 0 fully saturated rings. The minimum atomic E-state index is -1.47. The van der Waals surface area contributed by atoms with Crippen LogP contribution in [-0.2, 0) is 31.0 Å². The van der Waals surface area contributed by atoms with Gasteiger partial charge in [0.15, 0.2) is 12.2 Å². The molecule has 0 spiro atoms. The van der Waals surface area contributed by atoms with E-state index in [4.69, 9.17) is 14.2 Å². The predicted octanol–water partition coefficient (Wildman–Crippen LogP) is 3.36. The lowest BCUT2D eigenvalue weighted by Crippen LogP contribution is -2.29. The molecule has 5 nitrogen and oxygen atoms in total. The van der Waals surface area contributed by atoms with Crippen molar-refractivity contribution >= 4 is 0 Å². The summed E-state index contributed by atoms with van der Waals surface area (Å²) >= 11 is 0. The lowest BCUT2D eigenvalue weighted by atomic mass is 9.90. The van der Waals surface area contributed by atoms with Crippen molar-refractivity contribution in [2.45, 2.75) is 29.0 Å². The Labute approximate surface area is 241 Å². The molecule has 0 heterocycles. The Balaban J connectivity index is 2.03. The van der Waals surface area contributed by atoms with E-state index < -0.39 is 29.0 Å². The first-order valence-electron chi connectivity index (χ1n) is 12.7. The summed E-state index contributed by atoms with van der Waals surface area (Å²) in [6, 6.07) is 27.5. The Hall–Kier alpha value is -4.74. The molecular weight excluding hydrogens is 512 g/mol. The van der Waals surface area contributed by atoms with E-state index in [1.807, 2.05) is 78.9 Å². The molecule has 2 N–H and O–H groups in total. The van der Waals surface area contributed by atoms with Crippen molar-refractivity contribution in [1.29, 1.82) is 0 Å². The van der Waals surface area contributed by atoms with E-state index in [2.05, 4.69) is 59.2 Å². The first kappa shape index (κ1) is 29.2. The van der Waals surface area contributed by atoms with Crippen molar-refractivity contribution in [2.75, 3.05) is 21.3 Å². The molecule has 4 rings (SSSR count). The predicted molar refractivity (Wildman–Crippen MR) is 156 cm³/mol. The second-order valence-electron chi connectivity index (χ2n) is 8.89. The van der Waals surface area contributed by atoms with Crippen molar-refractivity contribution in [3.05, 3.63) is 108 Å². The van der Waals surface area contributed by atoms with E-state index in [1.54, 1.807) is 12.1 Å². The maximum atomic E-state index is 10.8. The van der Waals surface area contributed by atoms with Gasteiger partial charge in [0.05, 0.1) is 0 Å². The molecule has 0 aliphatic heterocycles. The summed E-state index contributed by atoms with van der Waals surface area (Å²) in [5, 5.41) is 21.7. The molecule has 5 heteroatoms. The summed E-state index contributed by atoms with van der Waals surface area (Å²) in [5.41, 5.74) is -2.54. The van der Waals surface area contributed by atoms with Crippen molar-refractivity contribution in [2.24, 2.45) is 0 Å². The van der Waals surface area contributed by atoms with E-state index in [-0.39, 0.29) is 0 Å². The van der Waals surface area contributed by atoms with Crippen LogP contribution in [0.3, 0.4) is 0 Å². The van der Waals surface area contributed by atoms with Gasteiger partial charge in [-0.2, -0.15) is 0 Å². The van der Waals surface area contributed by atoms with Gasteiger partial charge in [-0.05, 0) is 35.5 Å². The number of aliphatic hydroxyl groups excluding tert-OH is 2. The highest BCUT2D eigenvalue weighted by Crippen LogP contribution is 2.29. The van der Waals surface area contributed by atoms with Gasteiger partial charge in [-0.1, -0.05) is 115 Å². The molecule has 0 bridgehead atoms. The Morgan fingerprint density at radius 2 is 0.683 bits per heavy atom. The Morgan fingerprint density at radius 1 is 0.439 bits per heavy atom. The molecule has 3 aromatic carbocycles. The number of hydrogen-bond donors (Lipinski definition) is 2. The number of ether oxygens (including phenoxy) is 3. The van der Waals surface area contributed by atoms with Crippen LogP contribution in [0.5, 0.6) is 0 Å². The zero-order chi connectivity index (χ0) is 29.2. The van der Waals surface area contributed by atoms with Crippen LogP contribution in [0.25, 0.3) is 0 Å². The SMILES string of the molecule is COC1(c2ccccc2)C#CC(O)C#CC(OC)(c2ccccc2)C#CC(OC)(c2ccccc2)C#CC(O)C#C1. The molecule has 202 valence electrons. The molecule has 4 unspecified atom stereocenters. The number of methoxy groups -OCH3 is 3. The van der Waals surface area contributed by atoms with Crippen LogP contribution < -0.4 is 0 Å². The van der Waals surface area contributed by atoms with Gasteiger partial charge in [-0.15, -0.1) is 0 Å². The molecule has 1 aliphatic carbocycles. The smallest absolute Gasteiger partial charge is 0.216 e. The summed E-state index contributed by atoms with van der Waals surface area (Å²) < 4.78 is 17.6. The molecule has 4 atom stereocenters. The molecule has 0 radical (unpaired) electrons. The van der Waals surface area contributed by atoms with Gasteiger partial charge in [0.2, 0.25) is 16.8 Å². The number of hydrogen-bond acceptors (Lipinski definition) is 5. The van der Waals surface area contributed by atoms with E-state index in [0.717, 1.165) is 0 Å². The van der Waals surface area contributed by atoms with Gasteiger partial charge < -0.3 is 24.4 Å². The number of aliphatic hydroxyl groups is 2. The zero-order valence-electron chi connectivity index (χ0n) is 22.9. The number of benzene rings is 3. The summed E-state index contributed by atoms with van der Waals surface area (Å²) in [5.74, 6) is 29.1. The average Bonchev–Trinajstić information content (AvgIpc) is 3.04. The minimum Gasteiger partial charge on any atom is -0.369 e. The fraction of sp³-hybridized carbons (Fsp3) is 0.222. The van der Waals surface area contributed by atoms with Crippen molar-refractivity contribution < 1.29 is 24.4 Å².